The minimum Gasteiger partial charge on any atom is -0.479 e. The first-order chi connectivity index (χ1) is 11.5. The lowest BCUT2D eigenvalue weighted by molar-refractivity contribution is -0.171. The van der Waals surface area contributed by atoms with Crippen LogP contribution in [-0.4, -0.2) is 61.8 Å². The number of carbonyl (C=O) groups excluding carboxylic acids is 1. The number of carboxylic acids is 1. The van der Waals surface area contributed by atoms with Gasteiger partial charge in [-0.25, -0.2) is 14.3 Å². The van der Waals surface area contributed by atoms with Crippen LogP contribution in [0.5, 0.6) is 0 Å². The Kier molecular flexibility index (Phi) is 3.31. The minimum atomic E-state index is -1.39. The highest BCUT2D eigenvalue weighted by molar-refractivity contribution is 5.94. The third-order valence-corrected chi connectivity index (χ3v) is 4.61. The maximum Gasteiger partial charge on any atom is 0.337 e. The predicted molar refractivity (Wildman–Crippen MR) is 82.9 cm³/mol. The van der Waals surface area contributed by atoms with Gasteiger partial charge in [0.2, 0.25) is 0 Å². The Hall–Kier alpha value is -2.48. The molecule has 1 aliphatic heterocycles. The van der Waals surface area contributed by atoms with E-state index in [1.807, 2.05) is 0 Å². The van der Waals surface area contributed by atoms with Gasteiger partial charge in [0.1, 0.15) is 5.69 Å². The number of hydrogen-bond acceptors (Lipinski definition) is 5. The van der Waals surface area contributed by atoms with E-state index >= 15 is 0 Å². The molecule has 4 rings (SSSR count). The molecule has 0 radical (unpaired) electrons. The second-order valence-electron chi connectivity index (χ2n) is 6.55. The highest BCUT2D eigenvalue weighted by Crippen LogP contribution is 2.39. The first-order valence-electron chi connectivity index (χ1n) is 7.99. The summed E-state index contributed by atoms with van der Waals surface area (Å²) in [6, 6.07) is 3.55. The van der Waals surface area contributed by atoms with Crippen molar-refractivity contribution in [1.29, 1.82) is 0 Å². The largest absolute Gasteiger partial charge is 0.479 e. The van der Waals surface area contributed by atoms with Gasteiger partial charge in [-0.2, -0.15) is 5.10 Å². The van der Waals surface area contributed by atoms with E-state index in [4.69, 9.17) is 4.74 Å². The number of hydrogen-bond donors (Lipinski definition) is 1. The van der Waals surface area contributed by atoms with Crippen LogP contribution in [0.2, 0.25) is 0 Å². The van der Waals surface area contributed by atoms with E-state index in [0.717, 1.165) is 18.5 Å². The first-order valence-corrected chi connectivity index (χ1v) is 7.99. The van der Waals surface area contributed by atoms with Crippen LogP contribution in [0.15, 0.2) is 18.3 Å². The summed E-state index contributed by atoms with van der Waals surface area (Å²) in [7, 11) is 0. The summed E-state index contributed by atoms with van der Waals surface area (Å²) in [5.41, 5.74) is 0.572. The topological polar surface area (TPSA) is 97.0 Å². The molecule has 2 aliphatic rings. The van der Waals surface area contributed by atoms with Gasteiger partial charge in [0.05, 0.1) is 19.3 Å². The van der Waals surface area contributed by atoms with E-state index in [1.165, 1.54) is 16.3 Å². The molecule has 0 bridgehead atoms. The van der Waals surface area contributed by atoms with Crippen LogP contribution in [-0.2, 0) is 9.53 Å². The minimum absolute atomic E-state index is 0.00497. The molecule has 1 unspecified atom stereocenters. The zero-order valence-electron chi connectivity index (χ0n) is 13.3. The molecule has 1 N–H and O–H groups in total. The zero-order valence-corrected chi connectivity index (χ0v) is 13.3. The Morgan fingerprint density at radius 3 is 2.92 bits per heavy atom. The number of nitrogens with zero attached hydrogens (tertiary/aromatic N) is 4. The van der Waals surface area contributed by atoms with Gasteiger partial charge >= 0.3 is 5.97 Å². The summed E-state index contributed by atoms with van der Waals surface area (Å²) in [4.78, 5) is 30.5. The van der Waals surface area contributed by atoms with Gasteiger partial charge in [-0.15, -0.1) is 0 Å². The summed E-state index contributed by atoms with van der Waals surface area (Å²) in [6.45, 7) is 2.04. The third kappa shape index (κ3) is 2.43. The van der Waals surface area contributed by atoms with Gasteiger partial charge in [0.25, 0.3) is 5.91 Å². The average molecular weight is 330 g/mol. The maximum absolute atomic E-state index is 13.0. The number of morpholine rings is 1. The molecule has 0 aromatic carbocycles. The molecule has 1 aliphatic carbocycles. The van der Waals surface area contributed by atoms with Crippen molar-refractivity contribution in [3.05, 3.63) is 29.7 Å². The SMILES string of the molecule is CC1(C(=O)O)CN(C(=O)c2cc(C3CC3)nc3ccnn23)CCO1. The second kappa shape index (κ2) is 5.27. The first kappa shape index (κ1) is 15.1. The standard InChI is InChI=1S/C16H18N4O4/c1-16(15(22)23)9-19(6-7-24-16)14(21)12-8-11(10-2-3-10)18-13-4-5-17-20(12)13/h4-5,8,10H,2-3,6-7,9H2,1H3,(H,22,23). The van der Waals surface area contributed by atoms with Gasteiger partial charge in [-0.3, -0.25) is 4.79 Å². The molecule has 8 nitrogen and oxygen atoms in total. The van der Waals surface area contributed by atoms with Crippen LogP contribution in [0.3, 0.4) is 0 Å². The summed E-state index contributed by atoms with van der Waals surface area (Å²) in [5, 5.41) is 13.5. The van der Waals surface area contributed by atoms with Gasteiger partial charge in [0, 0.05) is 24.2 Å². The van der Waals surface area contributed by atoms with E-state index in [-0.39, 0.29) is 19.1 Å². The van der Waals surface area contributed by atoms with Gasteiger partial charge in [-0.1, -0.05) is 0 Å². The predicted octanol–water partition coefficient (Wildman–Crippen LogP) is 0.922. The number of amides is 1. The molecule has 2 fully saturated rings. The second-order valence-corrected chi connectivity index (χ2v) is 6.55. The number of rotatable bonds is 3. The molecule has 3 heterocycles. The fraction of sp³-hybridized carbons (Fsp3) is 0.500. The zero-order chi connectivity index (χ0) is 16.9. The molecule has 0 spiro atoms. The number of fused-ring (bicyclic) bond motifs is 1. The van der Waals surface area contributed by atoms with Crippen molar-refractivity contribution in [3.63, 3.8) is 0 Å². The smallest absolute Gasteiger partial charge is 0.337 e. The van der Waals surface area contributed by atoms with Crippen molar-refractivity contribution in [3.8, 4) is 0 Å². The summed E-state index contributed by atoms with van der Waals surface area (Å²) in [5.74, 6) is -0.910. The lowest BCUT2D eigenvalue weighted by Crippen LogP contribution is -2.56. The average Bonchev–Trinajstić information content (AvgIpc) is 3.31. The molecule has 2 aromatic heterocycles. The van der Waals surface area contributed by atoms with Crippen LogP contribution >= 0.6 is 0 Å². The lowest BCUT2D eigenvalue weighted by Gasteiger charge is -2.37. The third-order valence-electron chi connectivity index (χ3n) is 4.61. The molecular formula is C16H18N4O4. The van der Waals surface area contributed by atoms with Crippen molar-refractivity contribution in [2.24, 2.45) is 0 Å². The summed E-state index contributed by atoms with van der Waals surface area (Å²) in [6.07, 6.45) is 3.77. The molecule has 1 atom stereocenters. The van der Waals surface area contributed by atoms with E-state index in [9.17, 15) is 14.7 Å². The molecular weight excluding hydrogens is 312 g/mol. The van der Waals surface area contributed by atoms with Gasteiger partial charge in [0.15, 0.2) is 11.2 Å². The van der Waals surface area contributed by atoms with Crippen molar-refractivity contribution < 1.29 is 19.4 Å². The highest BCUT2D eigenvalue weighted by Gasteiger charge is 2.41. The Bertz CT molecular complexity index is 829. The van der Waals surface area contributed by atoms with E-state index in [0.29, 0.717) is 23.8 Å². The fourth-order valence-electron chi connectivity index (χ4n) is 3.01. The number of carboxylic acid groups (broad SMARTS) is 1. The fourth-order valence-corrected chi connectivity index (χ4v) is 3.01. The molecule has 126 valence electrons. The van der Waals surface area contributed by atoms with Gasteiger partial charge in [-0.05, 0) is 25.8 Å². The molecule has 1 saturated carbocycles. The van der Waals surface area contributed by atoms with Crippen LogP contribution in [0.4, 0.5) is 0 Å². The number of aliphatic carboxylic acids is 1. The molecule has 2 aromatic rings. The van der Waals surface area contributed by atoms with E-state index in [2.05, 4.69) is 10.1 Å². The van der Waals surface area contributed by atoms with E-state index < -0.39 is 11.6 Å². The lowest BCUT2D eigenvalue weighted by atomic mass is 10.0. The van der Waals surface area contributed by atoms with E-state index in [1.54, 1.807) is 18.3 Å². The van der Waals surface area contributed by atoms with Crippen molar-refractivity contribution in [1.82, 2.24) is 19.5 Å². The Morgan fingerprint density at radius 2 is 2.21 bits per heavy atom. The van der Waals surface area contributed by atoms with Crippen LogP contribution < -0.4 is 0 Å². The van der Waals surface area contributed by atoms with Crippen LogP contribution in [0.25, 0.3) is 5.65 Å². The molecule has 1 amide bonds. The Balaban J connectivity index is 1.70. The summed E-state index contributed by atoms with van der Waals surface area (Å²) < 4.78 is 6.88. The van der Waals surface area contributed by atoms with Crippen molar-refractivity contribution in [2.75, 3.05) is 19.7 Å². The Labute approximate surface area is 138 Å². The van der Waals surface area contributed by atoms with Crippen LogP contribution in [0, 0.1) is 0 Å². The molecule has 1 saturated heterocycles. The molecule has 8 heteroatoms. The summed E-state index contributed by atoms with van der Waals surface area (Å²) >= 11 is 0. The van der Waals surface area contributed by atoms with Crippen LogP contribution in [0.1, 0.15) is 41.9 Å². The monoisotopic (exact) mass is 330 g/mol. The Morgan fingerprint density at radius 1 is 1.42 bits per heavy atom. The van der Waals surface area contributed by atoms with Crippen molar-refractivity contribution >= 4 is 17.5 Å². The maximum atomic E-state index is 13.0. The number of aromatic nitrogens is 3. The number of ether oxygens (including phenoxy) is 1. The number of carbonyl (C=O) groups is 2. The van der Waals surface area contributed by atoms with Gasteiger partial charge < -0.3 is 14.7 Å². The molecule has 24 heavy (non-hydrogen) atoms. The highest BCUT2D eigenvalue weighted by atomic mass is 16.5. The quantitative estimate of drug-likeness (QED) is 0.899. The van der Waals surface area contributed by atoms with Crippen molar-refractivity contribution in [2.45, 2.75) is 31.3 Å². The normalized spacial score (nSPS) is 24.3.